The maximum Gasteiger partial charge on any atom is 0.122 e. The number of para-hydroxylation sites is 1. The third-order valence-corrected chi connectivity index (χ3v) is 2.96. The van der Waals surface area contributed by atoms with Crippen LogP contribution in [0.5, 0.6) is 5.75 Å². The standard InChI is InChI=1S/C15H25NO/c1-12(2)10-16-11-15(3,4)13-8-6-7-9-14(13)17-5/h6-9,12,16H,10-11H2,1-5H3. The van der Waals surface area contributed by atoms with Gasteiger partial charge in [0, 0.05) is 17.5 Å². The minimum Gasteiger partial charge on any atom is -0.496 e. The molecule has 0 heterocycles. The number of rotatable bonds is 6. The highest BCUT2D eigenvalue weighted by Crippen LogP contribution is 2.30. The molecule has 0 saturated heterocycles. The van der Waals surface area contributed by atoms with Crippen molar-refractivity contribution in [1.82, 2.24) is 5.32 Å². The summed E-state index contributed by atoms with van der Waals surface area (Å²) in [5.74, 6) is 1.66. The van der Waals surface area contributed by atoms with Crippen molar-refractivity contribution < 1.29 is 4.74 Å². The largest absolute Gasteiger partial charge is 0.496 e. The van der Waals surface area contributed by atoms with E-state index in [1.165, 1.54) is 5.56 Å². The van der Waals surface area contributed by atoms with Crippen LogP contribution >= 0.6 is 0 Å². The highest BCUT2D eigenvalue weighted by atomic mass is 16.5. The van der Waals surface area contributed by atoms with Crippen LogP contribution < -0.4 is 10.1 Å². The van der Waals surface area contributed by atoms with Crippen molar-refractivity contribution in [3.05, 3.63) is 29.8 Å². The summed E-state index contributed by atoms with van der Waals surface area (Å²) < 4.78 is 5.43. The van der Waals surface area contributed by atoms with Crippen molar-refractivity contribution >= 4 is 0 Å². The predicted octanol–water partition coefficient (Wildman–Crippen LogP) is 3.22. The summed E-state index contributed by atoms with van der Waals surface area (Å²) in [6.45, 7) is 11.0. The summed E-state index contributed by atoms with van der Waals surface area (Å²) in [7, 11) is 1.73. The first-order valence-electron chi connectivity index (χ1n) is 6.31. The topological polar surface area (TPSA) is 21.3 Å². The highest BCUT2D eigenvalue weighted by Gasteiger charge is 2.23. The molecule has 0 aliphatic heterocycles. The number of hydrogen-bond donors (Lipinski definition) is 1. The van der Waals surface area contributed by atoms with Crippen LogP contribution in [0.1, 0.15) is 33.3 Å². The number of benzene rings is 1. The Hall–Kier alpha value is -1.02. The van der Waals surface area contributed by atoms with Crippen LogP contribution in [-0.4, -0.2) is 20.2 Å². The van der Waals surface area contributed by atoms with Gasteiger partial charge in [0.2, 0.25) is 0 Å². The molecule has 0 amide bonds. The van der Waals surface area contributed by atoms with Crippen molar-refractivity contribution in [2.45, 2.75) is 33.1 Å². The second-order valence-electron chi connectivity index (χ2n) is 5.61. The van der Waals surface area contributed by atoms with Crippen LogP contribution in [0.15, 0.2) is 24.3 Å². The van der Waals surface area contributed by atoms with Gasteiger partial charge in [-0.2, -0.15) is 0 Å². The van der Waals surface area contributed by atoms with Crippen LogP contribution in [0, 0.1) is 5.92 Å². The van der Waals surface area contributed by atoms with Crippen molar-refractivity contribution in [3.63, 3.8) is 0 Å². The number of hydrogen-bond acceptors (Lipinski definition) is 2. The number of methoxy groups -OCH3 is 1. The summed E-state index contributed by atoms with van der Waals surface area (Å²) >= 11 is 0. The van der Waals surface area contributed by atoms with E-state index in [4.69, 9.17) is 4.74 Å². The molecule has 1 aromatic carbocycles. The van der Waals surface area contributed by atoms with E-state index in [9.17, 15) is 0 Å². The average Bonchev–Trinajstić information content (AvgIpc) is 2.28. The van der Waals surface area contributed by atoms with E-state index in [1.54, 1.807) is 7.11 Å². The predicted molar refractivity (Wildman–Crippen MR) is 73.7 cm³/mol. The average molecular weight is 235 g/mol. The summed E-state index contributed by atoms with van der Waals surface area (Å²) in [6, 6.07) is 8.26. The Morgan fingerprint density at radius 1 is 1.24 bits per heavy atom. The monoisotopic (exact) mass is 235 g/mol. The van der Waals surface area contributed by atoms with Gasteiger partial charge in [0.1, 0.15) is 5.75 Å². The molecule has 0 unspecified atom stereocenters. The van der Waals surface area contributed by atoms with Gasteiger partial charge in [-0.25, -0.2) is 0 Å². The molecule has 0 atom stereocenters. The van der Waals surface area contributed by atoms with Crippen molar-refractivity contribution in [2.24, 2.45) is 5.92 Å². The van der Waals surface area contributed by atoms with Gasteiger partial charge < -0.3 is 10.1 Å². The Morgan fingerprint density at radius 3 is 2.47 bits per heavy atom. The van der Waals surface area contributed by atoms with Gasteiger partial charge in [0.15, 0.2) is 0 Å². The summed E-state index contributed by atoms with van der Waals surface area (Å²) in [5, 5.41) is 3.52. The number of ether oxygens (including phenoxy) is 1. The maximum absolute atomic E-state index is 5.43. The molecule has 0 saturated carbocycles. The van der Waals surface area contributed by atoms with E-state index < -0.39 is 0 Å². The molecule has 1 aromatic rings. The van der Waals surface area contributed by atoms with E-state index in [0.29, 0.717) is 5.92 Å². The van der Waals surface area contributed by atoms with Crippen molar-refractivity contribution in [2.75, 3.05) is 20.2 Å². The Labute approximate surface area is 105 Å². The number of nitrogens with one attached hydrogen (secondary N) is 1. The molecule has 2 heteroatoms. The smallest absolute Gasteiger partial charge is 0.122 e. The highest BCUT2D eigenvalue weighted by molar-refractivity contribution is 5.39. The van der Waals surface area contributed by atoms with Crippen LogP contribution in [-0.2, 0) is 5.41 Å². The maximum atomic E-state index is 5.43. The minimum absolute atomic E-state index is 0.0848. The second-order valence-corrected chi connectivity index (χ2v) is 5.61. The van der Waals surface area contributed by atoms with E-state index in [0.717, 1.165) is 18.8 Å². The van der Waals surface area contributed by atoms with E-state index in [1.807, 2.05) is 12.1 Å². The zero-order valence-corrected chi connectivity index (χ0v) is 11.7. The molecule has 0 radical (unpaired) electrons. The van der Waals surface area contributed by atoms with Crippen molar-refractivity contribution in [1.29, 1.82) is 0 Å². The lowest BCUT2D eigenvalue weighted by atomic mass is 9.84. The molecular weight excluding hydrogens is 210 g/mol. The third kappa shape index (κ3) is 4.04. The molecule has 0 aliphatic rings. The molecule has 1 N–H and O–H groups in total. The van der Waals surface area contributed by atoms with E-state index >= 15 is 0 Å². The Bertz CT molecular complexity index is 345. The normalized spacial score (nSPS) is 11.9. The fourth-order valence-corrected chi connectivity index (χ4v) is 1.97. The van der Waals surface area contributed by atoms with E-state index in [2.05, 4.69) is 45.1 Å². The molecule has 0 aromatic heterocycles. The van der Waals surface area contributed by atoms with Gasteiger partial charge in [-0.3, -0.25) is 0 Å². The molecule has 0 spiro atoms. The molecule has 96 valence electrons. The molecule has 1 rings (SSSR count). The minimum atomic E-state index is 0.0848. The van der Waals surface area contributed by atoms with E-state index in [-0.39, 0.29) is 5.41 Å². The first-order valence-corrected chi connectivity index (χ1v) is 6.31. The lowest BCUT2D eigenvalue weighted by Crippen LogP contribution is -2.35. The van der Waals surface area contributed by atoms with Crippen molar-refractivity contribution in [3.8, 4) is 5.75 Å². The first kappa shape index (κ1) is 14.0. The molecule has 2 nitrogen and oxygen atoms in total. The summed E-state index contributed by atoms with van der Waals surface area (Å²) in [4.78, 5) is 0. The zero-order valence-electron chi connectivity index (χ0n) is 11.7. The summed E-state index contributed by atoms with van der Waals surface area (Å²) in [6.07, 6.45) is 0. The quantitative estimate of drug-likeness (QED) is 0.817. The fourth-order valence-electron chi connectivity index (χ4n) is 1.97. The van der Waals surface area contributed by atoms with Crippen LogP contribution in [0.25, 0.3) is 0 Å². The van der Waals surface area contributed by atoms with Gasteiger partial charge in [-0.05, 0) is 18.5 Å². The Balaban J connectivity index is 2.74. The Kier molecular flexibility index (Phi) is 5.01. The fraction of sp³-hybridized carbons (Fsp3) is 0.600. The van der Waals surface area contributed by atoms with Gasteiger partial charge in [-0.1, -0.05) is 45.9 Å². The summed E-state index contributed by atoms with van der Waals surface area (Å²) in [5.41, 5.74) is 1.35. The molecule has 0 bridgehead atoms. The van der Waals surface area contributed by atoms with Gasteiger partial charge in [0.05, 0.1) is 7.11 Å². The molecule has 17 heavy (non-hydrogen) atoms. The zero-order chi connectivity index (χ0) is 12.9. The van der Waals surface area contributed by atoms with Gasteiger partial charge in [-0.15, -0.1) is 0 Å². The lowest BCUT2D eigenvalue weighted by molar-refractivity contribution is 0.382. The van der Waals surface area contributed by atoms with Crippen LogP contribution in [0.3, 0.4) is 0 Å². The Morgan fingerprint density at radius 2 is 1.88 bits per heavy atom. The molecule has 0 fully saturated rings. The second kappa shape index (κ2) is 6.06. The SMILES string of the molecule is COc1ccccc1C(C)(C)CNCC(C)C. The third-order valence-electron chi connectivity index (χ3n) is 2.96. The van der Waals surface area contributed by atoms with Crippen LogP contribution in [0.2, 0.25) is 0 Å². The molecular formula is C15H25NO. The van der Waals surface area contributed by atoms with Crippen LogP contribution in [0.4, 0.5) is 0 Å². The van der Waals surface area contributed by atoms with Gasteiger partial charge in [0.25, 0.3) is 0 Å². The first-order chi connectivity index (χ1) is 7.97. The lowest BCUT2D eigenvalue weighted by Gasteiger charge is -2.28. The van der Waals surface area contributed by atoms with Gasteiger partial charge >= 0.3 is 0 Å². The molecule has 0 aliphatic carbocycles.